The van der Waals surface area contributed by atoms with E-state index in [2.05, 4.69) is 25.9 Å². The van der Waals surface area contributed by atoms with E-state index in [1.165, 1.54) is 18.4 Å². The van der Waals surface area contributed by atoms with Crippen LogP contribution in [-0.4, -0.2) is 49.2 Å². The van der Waals surface area contributed by atoms with Crippen LogP contribution in [0, 0.1) is 5.92 Å². The van der Waals surface area contributed by atoms with Crippen LogP contribution in [0.2, 0.25) is 0 Å². The molecule has 1 saturated heterocycles. The SMILES string of the molecule is Cn1nccc1CN1C(=O)N(CC2CC2)[C@@H]2[C@H](c3cccnc3)CC[C@@H]21. The molecule has 26 heavy (non-hydrogen) atoms. The molecule has 2 aromatic heterocycles. The van der Waals surface area contributed by atoms with Gasteiger partial charge in [-0.3, -0.25) is 9.67 Å². The van der Waals surface area contributed by atoms with Crippen molar-refractivity contribution in [1.82, 2.24) is 24.6 Å². The van der Waals surface area contributed by atoms with Crippen LogP contribution < -0.4 is 0 Å². The summed E-state index contributed by atoms with van der Waals surface area (Å²) in [4.78, 5) is 21.9. The third-order valence-corrected chi connectivity index (χ3v) is 6.35. The first-order valence-electron chi connectivity index (χ1n) is 9.66. The van der Waals surface area contributed by atoms with E-state index < -0.39 is 0 Å². The summed E-state index contributed by atoms with van der Waals surface area (Å²) in [6.07, 6.45) is 10.3. The van der Waals surface area contributed by atoms with Gasteiger partial charge in [-0.1, -0.05) is 6.07 Å². The minimum atomic E-state index is 0.210. The fraction of sp³-hybridized carbons (Fsp3) is 0.550. The second-order valence-corrected chi connectivity index (χ2v) is 7.98. The first kappa shape index (κ1) is 15.9. The molecule has 5 rings (SSSR count). The molecule has 0 spiro atoms. The van der Waals surface area contributed by atoms with Gasteiger partial charge in [-0.05, 0) is 49.3 Å². The van der Waals surface area contributed by atoms with Crippen molar-refractivity contribution in [3.8, 4) is 0 Å². The average molecular weight is 351 g/mol. The van der Waals surface area contributed by atoms with Gasteiger partial charge in [-0.2, -0.15) is 5.10 Å². The number of hydrogen-bond acceptors (Lipinski definition) is 3. The van der Waals surface area contributed by atoms with Gasteiger partial charge >= 0.3 is 6.03 Å². The van der Waals surface area contributed by atoms with E-state index in [1.807, 2.05) is 42.5 Å². The number of fused-ring (bicyclic) bond motifs is 1. The van der Waals surface area contributed by atoms with Crippen molar-refractivity contribution in [1.29, 1.82) is 0 Å². The van der Waals surface area contributed by atoms with Gasteiger partial charge in [0, 0.05) is 38.1 Å². The monoisotopic (exact) mass is 351 g/mol. The molecule has 3 fully saturated rings. The van der Waals surface area contributed by atoms with Crippen molar-refractivity contribution in [3.05, 3.63) is 48.0 Å². The number of aryl methyl sites for hydroxylation is 1. The van der Waals surface area contributed by atoms with Crippen LogP contribution in [0.15, 0.2) is 36.8 Å². The number of amides is 2. The minimum absolute atomic E-state index is 0.210. The molecule has 2 aliphatic carbocycles. The highest BCUT2D eigenvalue weighted by Crippen LogP contribution is 2.46. The molecule has 3 atom stereocenters. The Morgan fingerprint density at radius 2 is 2.00 bits per heavy atom. The summed E-state index contributed by atoms with van der Waals surface area (Å²) < 4.78 is 1.87. The molecule has 2 saturated carbocycles. The van der Waals surface area contributed by atoms with Gasteiger partial charge in [-0.15, -0.1) is 0 Å². The van der Waals surface area contributed by atoms with E-state index in [1.54, 1.807) is 0 Å². The van der Waals surface area contributed by atoms with Crippen molar-refractivity contribution < 1.29 is 4.79 Å². The molecule has 3 heterocycles. The zero-order chi connectivity index (χ0) is 17.7. The molecule has 0 N–H and O–H groups in total. The van der Waals surface area contributed by atoms with Gasteiger partial charge in [0.1, 0.15) is 0 Å². The summed E-state index contributed by atoms with van der Waals surface area (Å²) in [6, 6.07) is 6.98. The van der Waals surface area contributed by atoms with E-state index in [-0.39, 0.29) is 12.1 Å². The Morgan fingerprint density at radius 1 is 1.12 bits per heavy atom. The normalized spacial score (nSPS) is 28.0. The third kappa shape index (κ3) is 2.59. The summed E-state index contributed by atoms with van der Waals surface area (Å²) >= 11 is 0. The molecule has 6 heteroatoms. The summed E-state index contributed by atoms with van der Waals surface area (Å²) in [5.41, 5.74) is 2.37. The smallest absolute Gasteiger partial charge is 0.319 e. The molecule has 2 aromatic rings. The fourth-order valence-electron chi connectivity index (χ4n) is 4.81. The average Bonchev–Trinajstić information content (AvgIpc) is 3.14. The number of aromatic nitrogens is 3. The predicted octanol–water partition coefficient (Wildman–Crippen LogP) is 2.78. The van der Waals surface area contributed by atoms with Gasteiger partial charge in [0.05, 0.1) is 24.3 Å². The maximum Gasteiger partial charge on any atom is 0.321 e. The van der Waals surface area contributed by atoms with Crippen molar-refractivity contribution in [3.63, 3.8) is 0 Å². The minimum Gasteiger partial charge on any atom is -0.319 e. The molecule has 136 valence electrons. The number of pyridine rings is 1. The lowest BCUT2D eigenvalue weighted by Gasteiger charge is -2.28. The Kier molecular flexibility index (Phi) is 3.72. The van der Waals surface area contributed by atoms with E-state index in [0.717, 1.165) is 25.1 Å². The third-order valence-electron chi connectivity index (χ3n) is 6.35. The van der Waals surface area contributed by atoms with Gasteiger partial charge in [0.25, 0.3) is 0 Å². The number of carbonyl (C=O) groups is 1. The van der Waals surface area contributed by atoms with Gasteiger partial charge in [-0.25, -0.2) is 4.79 Å². The standard InChI is InChI=1S/C20H25N5O/c1-23-16(8-10-22-23)13-24-18-7-6-17(15-3-2-9-21-11-15)19(18)25(20(24)26)12-14-4-5-14/h2-3,8-11,14,17-19H,4-7,12-13H2,1H3/t17-,18-,19+/m0/s1. The van der Waals surface area contributed by atoms with Crippen LogP contribution in [0.3, 0.4) is 0 Å². The van der Waals surface area contributed by atoms with E-state index in [4.69, 9.17) is 0 Å². The maximum absolute atomic E-state index is 13.3. The molecule has 0 aromatic carbocycles. The summed E-state index contributed by atoms with van der Waals surface area (Å²) in [6.45, 7) is 1.57. The van der Waals surface area contributed by atoms with Crippen LogP contribution >= 0.6 is 0 Å². The molecule has 1 aliphatic heterocycles. The van der Waals surface area contributed by atoms with Gasteiger partial charge < -0.3 is 9.80 Å². The molecule has 0 radical (unpaired) electrons. The van der Waals surface area contributed by atoms with Crippen LogP contribution in [0.4, 0.5) is 4.79 Å². The highest BCUT2D eigenvalue weighted by Gasteiger charge is 2.53. The molecule has 3 aliphatic rings. The molecule has 0 bridgehead atoms. The van der Waals surface area contributed by atoms with Crippen LogP contribution in [-0.2, 0) is 13.6 Å². The van der Waals surface area contributed by atoms with Crippen molar-refractivity contribution in [2.24, 2.45) is 13.0 Å². The Morgan fingerprint density at radius 3 is 2.69 bits per heavy atom. The van der Waals surface area contributed by atoms with E-state index >= 15 is 0 Å². The Balaban J connectivity index is 1.46. The lowest BCUT2D eigenvalue weighted by Crippen LogP contribution is -2.39. The summed E-state index contributed by atoms with van der Waals surface area (Å²) in [5.74, 6) is 1.10. The quantitative estimate of drug-likeness (QED) is 0.832. The molecule has 2 amide bonds. The van der Waals surface area contributed by atoms with Crippen molar-refractivity contribution in [2.75, 3.05) is 6.54 Å². The Labute approximate surface area is 153 Å². The van der Waals surface area contributed by atoms with Crippen molar-refractivity contribution in [2.45, 2.75) is 50.2 Å². The zero-order valence-electron chi connectivity index (χ0n) is 15.2. The first-order chi connectivity index (χ1) is 12.7. The number of rotatable bonds is 5. The van der Waals surface area contributed by atoms with Crippen molar-refractivity contribution >= 4 is 6.03 Å². The lowest BCUT2D eigenvalue weighted by atomic mass is 9.94. The lowest BCUT2D eigenvalue weighted by molar-refractivity contribution is 0.174. The molecule has 0 unspecified atom stereocenters. The van der Waals surface area contributed by atoms with Crippen LogP contribution in [0.1, 0.15) is 42.9 Å². The first-order valence-corrected chi connectivity index (χ1v) is 9.66. The van der Waals surface area contributed by atoms with Gasteiger partial charge in [0.2, 0.25) is 0 Å². The second kappa shape index (κ2) is 6.11. The topological polar surface area (TPSA) is 54.3 Å². The molecular weight excluding hydrogens is 326 g/mol. The Hall–Kier alpha value is -2.37. The van der Waals surface area contributed by atoms with E-state index in [0.29, 0.717) is 24.4 Å². The van der Waals surface area contributed by atoms with Crippen LogP contribution in [0.25, 0.3) is 0 Å². The zero-order valence-corrected chi connectivity index (χ0v) is 15.2. The number of hydrogen-bond donors (Lipinski definition) is 0. The predicted molar refractivity (Wildman–Crippen MR) is 97.4 cm³/mol. The highest BCUT2D eigenvalue weighted by molar-refractivity contribution is 5.78. The van der Waals surface area contributed by atoms with E-state index in [9.17, 15) is 4.79 Å². The van der Waals surface area contributed by atoms with Gasteiger partial charge in [0.15, 0.2) is 0 Å². The van der Waals surface area contributed by atoms with Crippen LogP contribution in [0.5, 0.6) is 0 Å². The molecule has 6 nitrogen and oxygen atoms in total. The highest BCUT2D eigenvalue weighted by atomic mass is 16.2. The molecular formula is C20H25N5O. The maximum atomic E-state index is 13.3. The second-order valence-electron chi connectivity index (χ2n) is 7.98. The number of urea groups is 1. The summed E-state index contributed by atoms with van der Waals surface area (Å²) in [7, 11) is 1.95. The Bertz CT molecular complexity index is 800. The number of carbonyl (C=O) groups excluding carboxylic acids is 1. The number of nitrogens with zero attached hydrogens (tertiary/aromatic N) is 5. The summed E-state index contributed by atoms with van der Waals surface area (Å²) in [5, 5.41) is 4.27. The largest absolute Gasteiger partial charge is 0.321 e. The fourth-order valence-corrected chi connectivity index (χ4v) is 4.81.